The molecular weight excluding hydrogens is 460 g/mol. The van der Waals surface area contributed by atoms with Crippen LogP contribution in [0.5, 0.6) is 5.75 Å². The van der Waals surface area contributed by atoms with Gasteiger partial charge in [0, 0.05) is 36.5 Å². The smallest absolute Gasteiger partial charge is 0.243 e. The van der Waals surface area contributed by atoms with E-state index in [1.807, 2.05) is 0 Å². The van der Waals surface area contributed by atoms with Crippen molar-refractivity contribution in [1.29, 1.82) is 0 Å². The SMILES string of the molecule is COc1ccc(C(C)=O)cc1CSCC(=O)NCc1ccccc1S(=O)(=O)N1CCCCC1. The van der Waals surface area contributed by atoms with Gasteiger partial charge in [0.05, 0.1) is 17.8 Å². The molecule has 178 valence electrons. The van der Waals surface area contributed by atoms with Gasteiger partial charge in [-0.3, -0.25) is 9.59 Å². The fourth-order valence-electron chi connectivity index (χ4n) is 3.75. The first-order chi connectivity index (χ1) is 15.8. The minimum atomic E-state index is -3.58. The number of methoxy groups -OCH3 is 1. The average Bonchev–Trinajstić information content (AvgIpc) is 2.83. The van der Waals surface area contributed by atoms with E-state index in [2.05, 4.69) is 5.32 Å². The Morgan fingerprint density at radius 2 is 1.79 bits per heavy atom. The van der Waals surface area contributed by atoms with Gasteiger partial charge in [-0.1, -0.05) is 24.6 Å². The monoisotopic (exact) mass is 490 g/mol. The van der Waals surface area contributed by atoms with E-state index in [-0.39, 0.29) is 28.9 Å². The summed E-state index contributed by atoms with van der Waals surface area (Å²) in [5.41, 5.74) is 2.03. The van der Waals surface area contributed by atoms with E-state index < -0.39 is 10.0 Å². The molecule has 1 aliphatic rings. The summed E-state index contributed by atoms with van der Waals surface area (Å²) >= 11 is 1.40. The van der Waals surface area contributed by atoms with Gasteiger partial charge in [0.25, 0.3) is 0 Å². The van der Waals surface area contributed by atoms with Crippen LogP contribution in [-0.2, 0) is 27.1 Å². The Kier molecular flexibility index (Phi) is 8.94. The lowest BCUT2D eigenvalue weighted by Crippen LogP contribution is -2.36. The number of hydrogen-bond acceptors (Lipinski definition) is 6. The molecule has 2 aromatic carbocycles. The van der Waals surface area contributed by atoms with Gasteiger partial charge in [-0.15, -0.1) is 11.8 Å². The lowest BCUT2D eigenvalue weighted by Gasteiger charge is -2.26. The molecule has 0 atom stereocenters. The van der Waals surface area contributed by atoms with Crippen molar-refractivity contribution in [3.63, 3.8) is 0 Å². The molecule has 7 nitrogen and oxygen atoms in total. The molecular formula is C24H30N2O5S2. The third-order valence-electron chi connectivity index (χ3n) is 5.56. The zero-order valence-corrected chi connectivity index (χ0v) is 20.6. The molecule has 33 heavy (non-hydrogen) atoms. The third kappa shape index (κ3) is 6.59. The second-order valence-corrected chi connectivity index (χ2v) is 10.8. The predicted molar refractivity (Wildman–Crippen MR) is 130 cm³/mol. The Balaban J connectivity index is 1.58. The second-order valence-electron chi connectivity index (χ2n) is 7.92. The van der Waals surface area contributed by atoms with E-state index in [0.29, 0.717) is 35.7 Å². The molecule has 2 aromatic rings. The van der Waals surface area contributed by atoms with Crippen molar-refractivity contribution < 1.29 is 22.7 Å². The summed E-state index contributed by atoms with van der Waals surface area (Å²) in [5, 5.41) is 2.83. The fourth-order valence-corrected chi connectivity index (χ4v) is 6.33. The lowest BCUT2D eigenvalue weighted by atomic mass is 10.1. The van der Waals surface area contributed by atoms with Crippen molar-refractivity contribution in [2.24, 2.45) is 0 Å². The number of nitrogens with one attached hydrogen (secondary N) is 1. The molecule has 0 spiro atoms. The van der Waals surface area contributed by atoms with Crippen molar-refractivity contribution in [3.8, 4) is 5.75 Å². The normalized spacial score (nSPS) is 14.6. The van der Waals surface area contributed by atoms with E-state index in [9.17, 15) is 18.0 Å². The molecule has 1 N–H and O–H groups in total. The average molecular weight is 491 g/mol. The maximum Gasteiger partial charge on any atom is 0.243 e. The number of carbonyl (C=O) groups is 2. The molecule has 0 aromatic heterocycles. The standard InChI is InChI=1S/C24H30N2O5S2/c1-18(27)19-10-11-22(31-2)21(14-19)16-32-17-24(28)25-15-20-8-4-5-9-23(20)33(29,30)26-12-6-3-7-13-26/h4-5,8-11,14H,3,6-7,12-13,15-17H2,1-2H3,(H,25,28). The summed E-state index contributed by atoms with van der Waals surface area (Å²) < 4.78 is 33.1. The number of thioether (sulfide) groups is 1. The Morgan fingerprint density at radius 3 is 2.48 bits per heavy atom. The number of benzene rings is 2. The van der Waals surface area contributed by atoms with Gasteiger partial charge in [0.15, 0.2) is 5.78 Å². The molecule has 3 rings (SSSR count). The van der Waals surface area contributed by atoms with Gasteiger partial charge in [-0.2, -0.15) is 4.31 Å². The summed E-state index contributed by atoms with van der Waals surface area (Å²) in [7, 11) is -2.01. The van der Waals surface area contributed by atoms with Crippen molar-refractivity contribution in [2.45, 2.75) is 43.4 Å². The van der Waals surface area contributed by atoms with Crippen molar-refractivity contribution >= 4 is 33.5 Å². The molecule has 0 bridgehead atoms. The quantitative estimate of drug-likeness (QED) is 0.512. The lowest BCUT2D eigenvalue weighted by molar-refractivity contribution is -0.118. The Labute approximate surface area is 199 Å². The number of piperidine rings is 1. The van der Waals surface area contributed by atoms with Gasteiger partial charge in [0.2, 0.25) is 15.9 Å². The number of nitrogens with zero attached hydrogens (tertiary/aromatic N) is 1. The number of sulfonamides is 1. The zero-order valence-electron chi connectivity index (χ0n) is 19.0. The maximum atomic E-state index is 13.1. The minimum Gasteiger partial charge on any atom is -0.496 e. The fraction of sp³-hybridized carbons (Fsp3) is 0.417. The molecule has 0 radical (unpaired) electrons. The summed E-state index contributed by atoms with van der Waals surface area (Å²) in [6.45, 7) is 2.73. The second kappa shape index (κ2) is 11.7. The summed E-state index contributed by atoms with van der Waals surface area (Å²) in [6.07, 6.45) is 2.79. The topological polar surface area (TPSA) is 92.8 Å². The van der Waals surface area contributed by atoms with Crippen LogP contribution in [0.25, 0.3) is 0 Å². The number of carbonyl (C=O) groups excluding carboxylic acids is 2. The van der Waals surface area contributed by atoms with Gasteiger partial charge >= 0.3 is 0 Å². The van der Waals surface area contributed by atoms with E-state index in [4.69, 9.17) is 4.74 Å². The first kappa shape index (κ1) is 25.3. The van der Waals surface area contributed by atoms with Crippen molar-refractivity contribution in [2.75, 3.05) is 26.0 Å². The summed E-state index contributed by atoms with van der Waals surface area (Å²) in [6, 6.07) is 12.1. The van der Waals surface area contributed by atoms with E-state index in [0.717, 1.165) is 24.8 Å². The van der Waals surface area contributed by atoms with Crippen LogP contribution in [0.3, 0.4) is 0 Å². The third-order valence-corrected chi connectivity index (χ3v) is 8.54. The Bertz CT molecular complexity index is 1100. The van der Waals surface area contributed by atoms with Gasteiger partial charge in [0.1, 0.15) is 5.75 Å². The van der Waals surface area contributed by atoms with Crippen molar-refractivity contribution in [1.82, 2.24) is 9.62 Å². The van der Waals surface area contributed by atoms with E-state index in [1.54, 1.807) is 49.6 Å². The number of amides is 1. The molecule has 0 saturated carbocycles. The first-order valence-electron chi connectivity index (χ1n) is 10.9. The van der Waals surface area contributed by atoms with Crippen LogP contribution in [0.2, 0.25) is 0 Å². The molecule has 1 saturated heterocycles. The summed E-state index contributed by atoms with van der Waals surface area (Å²) in [5.74, 6) is 1.17. The number of hydrogen-bond donors (Lipinski definition) is 1. The number of ketones is 1. The van der Waals surface area contributed by atoms with Gasteiger partial charge in [-0.05, 0) is 49.6 Å². The maximum absolute atomic E-state index is 13.1. The molecule has 1 amide bonds. The minimum absolute atomic E-state index is 0.0279. The summed E-state index contributed by atoms with van der Waals surface area (Å²) in [4.78, 5) is 24.3. The predicted octanol–water partition coefficient (Wildman–Crippen LogP) is 3.62. The van der Waals surface area contributed by atoms with Crippen LogP contribution in [0.4, 0.5) is 0 Å². The molecule has 1 aliphatic heterocycles. The zero-order chi connectivity index (χ0) is 23.8. The van der Waals surface area contributed by atoms with E-state index >= 15 is 0 Å². The molecule has 9 heteroatoms. The highest BCUT2D eigenvalue weighted by atomic mass is 32.2. The number of rotatable bonds is 10. The molecule has 0 aliphatic carbocycles. The molecule has 0 unspecified atom stereocenters. The van der Waals surface area contributed by atoms with Crippen LogP contribution >= 0.6 is 11.8 Å². The largest absolute Gasteiger partial charge is 0.496 e. The van der Waals surface area contributed by atoms with Gasteiger partial charge in [-0.25, -0.2) is 8.42 Å². The van der Waals surface area contributed by atoms with Crippen LogP contribution in [0.1, 0.15) is 47.7 Å². The Hall–Kier alpha value is -2.36. The first-order valence-corrected chi connectivity index (χ1v) is 13.5. The molecule has 1 fully saturated rings. The highest BCUT2D eigenvalue weighted by Gasteiger charge is 2.27. The van der Waals surface area contributed by atoms with Crippen LogP contribution in [-0.4, -0.2) is 50.4 Å². The highest BCUT2D eigenvalue weighted by Crippen LogP contribution is 2.26. The van der Waals surface area contributed by atoms with Crippen LogP contribution < -0.4 is 10.1 Å². The van der Waals surface area contributed by atoms with Crippen LogP contribution in [0.15, 0.2) is 47.4 Å². The number of ether oxygens (including phenoxy) is 1. The number of Topliss-reactive ketones (excluding diaryl/α,β-unsaturated/α-hetero) is 1. The Morgan fingerprint density at radius 1 is 1.06 bits per heavy atom. The highest BCUT2D eigenvalue weighted by molar-refractivity contribution is 7.99. The molecule has 1 heterocycles. The van der Waals surface area contributed by atoms with E-state index in [1.165, 1.54) is 23.0 Å². The van der Waals surface area contributed by atoms with Gasteiger partial charge < -0.3 is 10.1 Å². The van der Waals surface area contributed by atoms with Crippen molar-refractivity contribution in [3.05, 3.63) is 59.2 Å². The van der Waals surface area contributed by atoms with Crippen LogP contribution in [0, 0.1) is 0 Å².